The highest BCUT2D eigenvalue weighted by molar-refractivity contribution is 6.32. The summed E-state index contributed by atoms with van der Waals surface area (Å²) in [6.07, 6.45) is 0.304. The molecule has 1 fully saturated rings. The summed E-state index contributed by atoms with van der Waals surface area (Å²) in [6.45, 7) is 3.61. The minimum Gasteiger partial charge on any atom is -0.475 e. The summed E-state index contributed by atoms with van der Waals surface area (Å²) in [5.41, 5.74) is 7.41. The molecule has 1 aliphatic rings. The molecular weight excluding hydrogens is 429 g/mol. The van der Waals surface area contributed by atoms with Crippen LogP contribution in [0.1, 0.15) is 28.9 Å². The topological polar surface area (TPSA) is 134 Å². The summed E-state index contributed by atoms with van der Waals surface area (Å²) in [4.78, 5) is 35.7. The van der Waals surface area contributed by atoms with Crippen molar-refractivity contribution in [2.45, 2.75) is 25.9 Å². The van der Waals surface area contributed by atoms with Crippen LogP contribution in [-0.4, -0.2) is 51.2 Å². The molecule has 4 N–H and O–H groups in total. The molecular formula is C17H18ClF3N6O3. The first-order valence-electron chi connectivity index (χ1n) is 8.60. The van der Waals surface area contributed by atoms with Gasteiger partial charge in [0.05, 0.1) is 11.9 Å². The number of amides is 1. The average Bonchev–Trinajstić information content (AvgIpc) is 3.19. The van der Waals surface area contributed by atoms with Gasteiger partial charge in [-0.2, -0.15) is 13.2 Å². The van der Waals surface area contributed by atoms with Gasteiger partial charge in [-0.1, -0.05) is 11.6 Å². The Kier molecular flexibility index (Phi) is 7.38. The van der Waals surface area contributed by atoms with Crippen molar-refractivity contribution >= 4 is 40.8 Å². The first kappa shape index (κ1) is 23.1. The lowest BCUT2D eigenvalue weighted by Gasteiger charge is -2.18. The molecule has 1 amide bonds. The largest absolute Gasteiger partial charge is 0.490 e. The van der Waals surface area contributed by atoms with E-state index in [-0.39, 0.29) is 16.7 Å². The number of aryl methyl sites for hydroxylation is 1. The first-order valence-corrected chi connectivity index (χ1v) is 8.98. The van der Waals surface area contributed by atoms with E-state index in [1.165, 1.54) is 0 Å². The maximum Gasteiger partial charge on any atom is 0.490 e. The molecule has 0 saturated carbocycles. The van der Waals surface area contributed by atoms with E-state index in [2.05, 4.69) is 20.3 Å². The van der Waals surface area contributed by atoms with Crippen molar-refractivity contribution in [1.82, 2.24) is 15.0 Å². The Labute approximate surface area is 174 Å². The van der Waals surface area contributed by atoms with Crippen LogP contribution < -0.4 is 16.0 Å². The van der Waals surface area contributed by atoms with Crippen LogP contribution in [0, 0.1) is 6.92 Å². The number of anilines is 3. The molecule has 2 aromatic heterocycles. The third-order valence-corrected chi connectivity index (χ3v) is 4.27. The standard InChI is InChI=1S/C15H17ClN6O.C2HF3O2/c1-9-4-5-18-8-10(9)19-15(23)11-13(17)21-14(12(16)20-11)22-6-2-3-7-22;3-2(4,5)1(6)7/h4-5,8H,2-3,6-7H2,1H3,(H2,17,21)(H,19,23);(H,6,7). The SMILES string of the molecule is Cc1ccncc1NC(=O)c1nc(Cl)c(N2CCCC2)nc1N.O=C(O)C(F)(F)F. The summed E-state index contributed by atoms with van der Waals surface area (Å²) < 4.78 is 31.7. The van der Waals surface area contributed by atoms with Gasteiger partial charge in [-0.25, -0.2) is 14.8 Å². The van der Waals surface area contributed by atoms with E-state index >= 15 is 0 Å². The van der Waals surface area contributed by atoms with Crippen molar-refractivity contribution in [3.05, 3.63) is 34.9 Å². The Morgan fingerprint density at radius 3 is 2.40 bits per heavy atom. The molecule has 162 valence electrons. The quantitative estimate of drug-likeness (QED) is 0.655. The second kappa shape index (κ2) is 9.57. The number of aromatic nitrogens is 3. The van der Waals surface area contributed by atoms with E-state index < -0.39 is 18.1 Å². The lowest BCUT2D eigenvalue weighted by atomic mass is 10.2. The zero-order valence-corrected chi connectivity index (χ0v) is 16.5. The van der Waals surface area contributed by atoms with Crippen molar-refractivity contribution in [3.8, 4) is 0 Å². The predicted octanol–water partition coefficient (Wildman–Crippen LogP) is 2.90. The number of nitrogens with two attached hydrogens (primary N) is 1. The summed E-state index contributed by atoms with van der Waals surface area (Å²) in [5.74, 6) is -2.61. The smallest absolute Gasteiger partial charge is 0.475 e. The molecule has 0 radical (unpaired) electrons. The molecule has 2 aromatic rings. The van der Waals surface area contributed by atoms with Crippen molar-refractivity contribution < 1.29 is 27.9 Å². The van der Waals surface area contributed by atoms with Crippen LogP contribution in [0.3, 0.4) is 0 Å². The molecule has 0 atom stereocenters. The highest BCUT2D eigenvalue weighted by Crippen LogP contribution is 2.27. The number of carboxylic acids is 1. The lowest BCUT2D eigenvalue weighted by molar-refractivity contribution is -0.192. The maximum atomic E-state index is 12.4. The van der Waals surface area contributed by atoms with Crippen LogP contribution in [0.2, 0.25) is 5.15 Å². The predicted molar refractivity (Wildman–Crippen MR) is 104 cm³/mol. The lowest BCUT2D eigenvalue weighted by Crippen LogP contribution is -2.23. The van der Waals surface area contributed by atoms with Crippen LogP contribution in [-0.2, 0) is 4.79 Å². The van der Waals surface area contributed by atoms with Crippen molar-refractivity contribution in [2.75, 3.05) is 29.0 Å². The van der Waals surface area contributed by atoms with Crippen LogP contribution in [0.5, 0.6) is 0 Å². The maximum absolute atomic E-state index is 12.4. The molecule has 0 spiro atoms. The fourth-order valence-electron chi connectivity index (χ4n) is 2.49. The second-order valence-electron chi connectivity index (χ2n) is 6.21. The Hall–Kier alpha value is -3.15. The fourth-order valence-corrected chi connectivity index (χ4v) is 2.74. The summed E-state index contributed by atoms with van der Waals surface area (Å²) in [5, 5.41) is 10.0. The molecule has 1 aliphatic heterocycles. The van der Waals surface area contributed by atoms with E-state index in [4.69, 9.17) is 27.2 Å². The van der Waals surface area contributed by atoms with E-state index in [1.807, 2.05) is 11.8 Å². The Morgan fingerprint density at radius 1 is 1.27 bits per heavy atom. The molecule has 13 heteroatoms. The number of aliphatic carboxylic acids is 1. The summed E-state index contributed by atoms with van der Waals surface area (Å²) in [6, 6.07) is 1.80. The van der Waals surface area contributed by atoms with Gasteiger partial charge >= 0.3 is 12.1 Å². The summed E-state index contributed by atoms with van der Waals surface area (Å²) in [7, 11) is 0. The number of nitrogens with zero attached hydrogens (tertiary/aromatic N) is 4. The highest BCUT2D eigenvalue weighted by atomic mass is 35.5. The van der Waals surface area contributed by atoms with Gasteiger partial charge in [0.2, 0.25) is 0 Å². The number of nitrogens with one attached hydrogen (secondary N) is 1. The number of halogens is 4. The van der Waals surface area contributed by atoms with Crippen LogP contribution in [0.15, 0.2) is 18.5 Å². The molecule has 0 bridgehead atoms. The number of pyridine rings is 1. The van der Waals surface area contributed by atoms with Gasteiger partial charge in [-0.15, -0.1) is 0 Å². The third kappa shape index (κ3) is 5.92. The van der Waals surface area contributed by atoms with E-state index in [0.29, 0.717) is 11.5 Å². The molecule has 1 saturated heterocycles. The second-order valence-corrected chi connectivity index (χ2v) is 6.57. The normalized spacial score (nSPS) is 13.4. The number of carbonyl (C=O) groups is 2. The molecule has 3 heterocycles. The van der Waals surface area contributed by atoms with Gasteiger partial charge in [-0.05, 0) is 31.4 Å². The Morgan fingerprint density at radius 2 is 1.87 bits per heavy atom. The highest BCUT2D eigenvalue weighted by Gasteiger charge is 2.38. The fraction of sp³-hybridized carbons (Fsp3) is 0.353. The minimum absolute atomic E-state index is 0.0150. The van der Waals surface area contributed by atoms with Crippen molar-refractivity contribution in [3.63, 3.8) is 0 Å². The number of carboxylic acid groups (broad SMARTS) is 1. The Balaban J connectivity index is 0.000000396. The number of nitrogen functional groups attached to an aromatic ring is 1. The van der Waals surface area contributed by atoms with Gasteiger partial charge in [0.1, 0.15) is 0 Å². The monoisotopic (exact) mass is 446 g/mol. The van der Waals surface area contributed by atoms with Gasteiger partial charge < -0.3 is 21.1 Å². The van der Waals surface area contributed by atoms with Gasteiger partial charge in [-0.3, -0.25) is 9.78 Å². The van der Waals surface area contributed by atoms with E-state index in [9.17, 15) is 18.0 Å². The van der Waals surface area contributed by atoms with Gasteiger partial charge in [0.25, 0.3) is 5.91 Å². The van der Waals surface area contributed by atoms with Crippen molar-refractivity contribution in [1.29, 1.82) is 0 Å². The van der Waals surface area contributed by atoms with Gasteiger partial charge in [0.15, 0.2) is 22.5 Å². The van der Waals surface area contributed by atoms with Crippen LogP contribution >= 0.6 is 11.6 Å². The third-order valence-electron chi connectivity index (χ3n) is 4.01. The Bertz CT molecular complexity index is 935. The zero-order chi connectivity index (χ0) is 22.5. The molecule has 0 aliphatic carbocycles. The molecule has 30 heavy (non-hydrogen) atoms. The average molecular weight is 447 g/mol. The van der Waals surface area contributed by atoms with E-state index in [1.54, 1.807) is 18.5 Å². The van der Waals surface area contributed by atoms with Gasteiger partial charge in [0, 0.05) is 19.3 Å². The number of alkyl halides is 3. The number of hydrogen-bond acceptors (Lipinski definition) is 7. The zero-order valence-electron chi connectivity index (χ0n) is 15.7. The van der Waals surface area contributed by atoms with Crippen LogP contribution in [0.25, 0.3) is 0 Å². The number of rotatable bonds is 3. The summed E-state index contributed by atoms with van der Waals surface area (Å²) >= 11 is 6.20. The minimum atomic E-state index is -5.08. The van der Waals surface area contributed by atoms with E-state index in [0.717, 1.165) is 31.5 Å². The molecule has 0 unspecified atom stereocenters. The van der Waals surface area contributed by atoms with Crippen molar-refractivity contribution in [2.24, 2.45) is 0 Å². The first-order chi connectivity index (χ1) is 14.0. The number of carbonyl (C=O) groups excluding carboxylic acids is 1. The molecule has 3 rings (SSSR count). The number of hydrogen-bond donors (Lipinski definition) is 3. The van der Waals surface area contributed by atoms with Crippen LogP contribution in [0.4, 0.5) is 30.5 Å². The molecule has 9 nitrogen and oxygen atoms in total. The molecule has 0 aromatic carbocycles.